The van der Waals surface area contributed by atoms with Crippen molar-refractivity contribution in [2.24, 2.45) is 0 Å². The molecule has 0 aliphatic heterocycles. The number of nitrogens with one attached hydrogen (secondary N) is 2. The molecule has 1 heterocycles. The van der Waals surface area contributed by atoms with Gasteiger partial charge >= 0.3 is 0 Å². The van der Waals surface area contributed by atoms with Crippen LogP contribution in [0.2, 0.25) is 5.02 Å². The van der Waals surface area contributed by atoms with E-state index in [0.29, 0.717) is 22.8 Å². The van der Waals surface area contributed by atoms with Crippen LogP contribution in [0.5, 0.6) is 0 Å². The Kier molecular flexibility index (Phi) is 4.25. The minimum Gasteiger partial charge on any atom is -0.385 e. The fourth-order valence-corrected chi connectivity index (χ4v) is 1.69. The summed E-state index contributed by atoms with van der Waals surface area (Å²) in [6.07, 6.45) is 2.88. The van der Waals surface area contributed by atoms with Gasteiger partial charge in [-0.15, -0.1) is 5.10 Å². The van der Waals surface area contributed by atoms with E-state index in [1.54, 1.807) is 18.2 Å². The molecule has 0 radical (unpaired) electrons. The minimum absolute atomic E-state index is 0.148. The molecule has 2 rings (SSSR count). The normalized spacial score (nSPS) is 10.0. The van der Waals surface area contributed by atoms with Gasteiger partial charge in [0, 0.05) is 17.3 Å². The molecule has 0 fully saturated rings. The summed E-state index contributed by atoms with van der Waals surface area (Å²) in [6.45, 7) is 2.64. The Morgan fingerprint density at radius 3 is 2.89 bits per heavy atom. The van der Waals surface area contributed by atoms with Crippen LogP contribution in [0, 0.1) is 0 Å². The largest absolute Gasteiger partial charge is 0.385 e. The Labute approximate surface area is 115 Å². The molecular formula is C12H12ClN5O. The average molecular weight is 278 g/mol. The molecule has 2 N–H and O–H groups in total. The standard InChI is InChI=1S/C12H12ClN5O/c1-2-14-10-4-3-8(13)7-9(10)11(19)17-12-15-5-6-16-18-12/h3-7,14H,2H2,1H3,(H,15,17,18,19). The SMILES string of the molecule is CCNc1ccc(Cl)cc1C(=O)Nc1nccnn1. The van der Waals surface area contributed by atoms with Crippen LogP contribution < -0.4 is 10.6 Å². The first-order chi connectivity index (χ1) is 9.20. The lowest BCUT2D eigenvalue weighted by atomic mass is 10.1. The van der Waals surface area contributed by atoms with Crippen LogP contribution in [0.1, 0.15) is 17.3 Å². The maximum absolute atomic E-state index is 12.1. The first kappa shape index (κ1) is 13.2. The fraction of sp³-hybridized carbons (Fsp3) is 0.167. The van der Waals surface area contributed by atoms with Gasteiger partial charge < -0.3 is 5.32 Å². The van der Waals surface area contributed by atoms with Gasteiger partial charge in [-0.1, -0.05) is 11.6 Å². The van der Waals surface area contributed by atoms with Crippen molar-refractivity contribution in [3.63, 3.8) is 0 Å². The van der Waals surface area contributed by atoms with Crippen LogP contribution in [0.3, 0.4) is 0 Å². The van der Waals surface area contributed by atoms with Gasteiger partial charge in [-0.25, -0.2) is 4.98 Å². The molecule has 0 aliphatic rings. The summed E-state index contributed by atoms with van der Waals surface area (Å²) in [5.41, 5.74) is 1.13. The molecular weight excluding hydrogens is 266 g/mol. The number of amides is 1. The van der Waals surface area contributed by atoms with Crippen molar-refractivity contribution < 1.29 is 4.79 Å². The Bertz CT molecular complexity index is 576. The lowest BCUT2D eigenvalue weighted by Crippen LogP contribution is -2.16. The van der Waals surface area contributed by atoms with E-state index in [0.717, 1.165) is 0 Å². The third-order valence-corrected chi connectivity index (χ3v) is 2.54. The molecule has 98 valence electrons. The quantitative estimate of drug-likeness (QED) is 0.896. The first-order valence-electron chi connectivity index (χ1n) is 5.69. The van der Waals surface area contributed by atoms with E-state index in [9.17, 15) is 4.79 Å². The van der Waals surface area contributed by atoms with Gasteiger partial charge in [0.15, 0.2) is 0 Å². The van der Waals surface area contributed by atoms with Crippen LogP contribution in [0.15, 0.2) is 30.6 Å². The molecule has 6 nitrogen and oxygen atoms in total. The molecule has 0 saturated carbocycles. The zero-order valence-electron chi connectivity index (χ0n) is 10.2. The highest BCUT2D eigenvalue weighted by Gasteiger charge is 2.13. The third-order valence-electron chi connectivity index (χ3n) is 2.30. The van der Waals surface area contributed by atoms with Crippen molar-refractivity contribution in [1.29, 1.82) is 0 Å². The summed E-state index contributed by atoms with van der Waals surface area (Å²) >= 11 is 5.91. The lowest BCUT2D eigenvalue weighted by molar-refractivity contribution is 0.102. The minimum atomic E-state index is -0.341. The predicted octanol–water partition coefficient (Wildman–Crippen LogP) is 2.21. The average Bonchev–Trinajstić information content (AvgIpc) is 2.42. The van der Waals surface area contributed by atoms with Gasteiger partial charge in [0.2, 0.25) is 5.95 Å². The second kappa shape index (κ2) is 6.10. The molecule has 1 amide bonds. The summed E-state index contributed by atoms with van der Waals surface area (Å²) in [6, 6.07) is 5.06. The van der Waals surface area contributed by atoms with Gasteiger partial charge in [0.05, 0.1) is 18.0 Å². The van der Waals surface area contributed by atoms with E-state index in [4.69, 9.17) is 11.6 Å². The number of hydrogen-bond donors (Lipinski definition) is 2. The van der Waals surface area contributed by atoms with Gasteiger partial charge in [0.25, 0.3) is 5.91 Å². The number of halogens is 1. The molecule has 0 aliphatic carbocycles. The van der Waals surface area contributed by atoms with Crippen LogP contribution in [-0.2, 0) is 0 Å². The van der Waals surface area contributed by atoms with Gasteiger partial charge in [0.1, 0.15) is 0 Å². The predicted molar refractivity (Wildman–Crippen MR) is 73.4 cm³/mol. The molecule has 0 atom stereocenters. The number of carbonyl (C=O) groups excluding carboxylic acids is 1. The molecule has 7 heteroatoms. The zero-order chi connectivity index (χ0) is 13.7. The molecule has 1 aromatic carbocycles. The number of carbonyl (C=O) groups is 1. The Balaban J connectivity index is 2.25. The molecule has 19 heavy (non-hydrogen) atoms. The summed E-state index contributed by atoms with van der Waals surface area (Å²) in [5.74, 6) is -0.193. The first-order valence-corrected chi connectivity index (χ1v) is 6.07. The van der Waals surface area contributed by atoms with Gasteiger partial charge in [-0.3, -0.25) is 10.1 Å². The molecule has 0 spiro atoms. The zero-order valence-corrected chi connectivity index (χ0v) is 11.0. The van der Waals surface area contributed by atoms with E-state index in [2.05, 4.69) is 25.8 Å². The molecule has 0 bridgehead atoms. The fourth-order valence-electron chi connectivity index (χ4n) is 1.52. The molecule has 0 unspecified atom stereocenters. The highest BCUT2D eigenvalue weighted by molar-refractivity contribution is 6.31. The lowest BCUT2D eigenvalue weighted by Gasteiger charge is -2.10. The number of benzene rings is 1. The summed E-state index contributed by atoms with van der Waals surface area (Å²) < 4.78 is 0. The van der Waals surface area contributed by atoms with Crippen molar-refractivity contribution in [2.45, 2.75) is 6.92 Å². The van der Waals surface area contributed by atoms with E-state index < -0.39 is 0 Å². The van der Waals surface area contributed by atoms with E-state index in [1.807, 2.05) is 6.92 Å². The molecule has 0 saturated heterocycles. The van der Waals surface area contributed by atoms with E-state index >= 15 is 0 Å². The van der Waals surface area contributed by atoms with Gasteiger partial charge in [-0.2, -0.15) is 5.10 Å². The number of nitrogens with zero attached hydrogens (tertiary/aromatic N) is 3. The van der Waals surface area contributed by atoms with Crippen molar-refractivity contribution in [3.05, 3.63) is 41.2 Å². The number of rotatable bonds is 4. The highest BCUT2D eigenvalue weighted by atomic mass is 35.5. The van der Waals surface area contributed by atoms with Crippen LogP contribution in [0.4, 0.5) is 11.6 Å². The summed E-state index contributed by atoms with van der Waals surface area (Å²) in [4.78, 5) is 16.0. The second-order valence-corrected chi connectivity index (χ2v) is 4.08. The maximum Gasteiger partial charge on any atom is 0.260 e. The molecule has 2 aromatic rings. The van der Waals surface area contributed by atoms with Crippen molar-refractivity contribution in [2.75, 3.05) is 17.2 Å². The summed E-state index contributed by atoms with van der Waals surface area (Å²) in [7, 11) is 0. The van der Waals surface area contributed by atoms with Crippen LogP contribution >= 0.6 is 11.6 Å². The van der Waals surface area contributed by atoms with Crippen molar-refractivity contribution in [1.82, 2.24) is 15.2 Å². The number of aromatic nitrogens is 3. The smallest absolute Gasteiger partial charge is 0.260 e. The number of anilines is 2. The Morgan fingerprint density at radius 2 is 2.21 bits per heavy atom. The Hall–Kier alpha value is -2.21. The molecule has 1 aromatic heterocycles. The van der Waals surface area contributed by atoms with Crippen molar-refractivity contribution >= 4 is 29.1 Å². The summed E-state index contributed by atoms with van der Waals surface area (Å²) in [5, 5.41) is 13.5. The Morgan fingerprint density at radius 1 is 1.37 bits per heavy atom. The highest BCUT2D eigenvalue weighted by Crippen LogP contribution is 2.21. The van der Waals surface area contributed by atoms with Gasteiger partial charge in [-0.05, 0) is 25.1 Å². The second-order valence-electron chi connectivity index (χ2n) is 3.64. The third kappa shape index (κ3) is 3.38. The monoisotopic (exact) mass is 277 g/mol. The van der Waals surface area contributed by atoms with Crippen LogP contribution in [-0.4, -0.2) is 27.6 Å². The number of hydrogen-bond acceptors (Lipinski definition) is 5. The topological polar surface area (TPSA) is 79.8 Å². The van der Waals surface area contributed by atoms with E-state index in [1.165, 1.54) is 12.4 Å². The maximum atomic E-state index is 12.1. The van der Waals surface area contributed by atoms with E-state index in [-0.39, 0.29) is 11.9 Å². The van der Waals surface area contributed by atoms with Crippen molar-refractivity contribution in [3.8, 4) is 0 Å². The van der Waals surface area contributed by atoms with Crippen LogP contribution in [0.25, 0.3) is 0 Å².